The number of carboxylic acids is 1. The molecule has 114 valence electrons. The van der Waals surface area contributed by atoms with Gasteiger partial charge in [-0.15, -0.1) is 21.5 Å². The van der Waals surface area contributed by atoms with E-state index in [4.69, 9.17) is 5.11 Å². The van der Waals surface area contributed by atoms with Gasteiger partial charge in [0.25, 0.3) is 0 Å². The molecule has 2 rings (SSSR count). The summed E-state index contributed by atoms with van der Waals surface area (Å²) < 4.78 is 28.7. The molecule has 0 amide bonds. The van der Waals surface area contributed by atoms with Crippen LogP contribution >= 0.6 is 27.3 Å². The van der Waals surface area contributed by atoms with E-state index < -0.39 is 16.0 Å². The van der Waals surface area contributed by atoms with Crippen molar-refractivity contribution in [2.24, 2.45) is 0 Å². The second-order valence-electron chi connectivity index (χ2n) is 3.91. The van der Waals surface area contributed by atoms with Crippen LogP contribution in [0, 0.1) is 0 Å². The van der Waals surface area contributed by atoms with E-state index >= 15 is 0 Å². The summed E-state index contributed by atoms with van der Waals surface area (Å²) in [5.41, 5.74) is 0. The third kappa shape index (κ3) is 3.48. The number of thiophene rings is 1. The second-order valence-corrected chi connectivity index (χ2v) is 8.02. The van der Waals surface area contributed by atoms with Crippen LogP contribution in [0.5, 0.6) is 0 Å². The number of rotatable bonds is 6. The predicted molar refractivity (Wildman–Crippen MR) is 78.7 cm³/mol. The zero-order valence-corrected chi connectivity index (χ0v) is 14.0. The fraction of sp³-hybridized carbons (Fsp3) is 0.300. The first kappa shape index (κ1) is 16.1. The predicted octanol–water partition coefficient (Wildman–Crippen LogP) is 1.30. The Bertz CT molecular complexity index is 768. The van der Waals surface area contributed by atoms with Crippen LogP contribution < -0.4 is 4.72 Å². The molecule has 0 radical (unpaired) electrons. The Morgan fingerprint density at radius 2 is 2.29 bits per heavy atom. The molecule has 0 aliphatic rings. The highest BCUT2D eigenvalue weighted by Gasteiger charge is 2.23. The quantitative estimate of drug-likeness (QED) is 0.762. The Kier molecular flexibility index (Phi) is 4.76. The van der Waals surface area contributed by atoms with Crippen LogP contribution in [0.1, 0.15) is 22.4 Å². The maximum absolute atomic E-state index is 12.2. The minimum absolute atomic E-state index is 0.0269. The van der Waals surface area contributed by atoms with E-state index in [1.807, 2.05) is 6.92 Å². The lowest BCUT2D eigenvalue weighted by atomic mass is 10.5. The van der Waals surface area contributed by atoms with Gasteiger partial charge in [0.1, 0.15) is 21.9 Å². The Morgan fingerprint density at radius 1 is 1.57 bits per heavy atom. The van der Waals surface area contributed by atoms with Gasteiger partial charge in [-0.3, -0.25) is 0 Å². The van der Waals surface area contributed by atoms with E-state index in [0.29, 0.717) is 12.4 Å². The van der Waals surface area contributed by atoms with E-state index in [1.165, 1.54) is 6.33 Å². The Labute approximate surface area is 133 Å². The lowest BCUT2D eigenvalue weighted by Gasteiger charge is -2.06. The minimum atomic E-state index is -3.84. The number of nitrogens with one attached hydrogen (secondary N) is 1. The lowest BCUT2D eigenvalue weighted by molar-refractivity contribution is 0.0702. The van der Waals surface area contributed by atoms with E-state index in [0.717, 1.165) is 17.4 Å². The molecule has 8 nitrogen and oxygen atoms in total. The first-order valence-electron chi connectivity index (χ1n) is 5.74. The van der Waals surface area contributed by atoms with Crippen LogP contribution in [0.3, 0.4) is 0 Å². The number of aryl methyl sites for hydroxylation is 1. The van der Waals surface area contributed by atoms with E-state index in [9.17, 15) is 13.2 Å². The third-order valence-electron chi connectivity index (χ3n) is 2.61. The number of hydrogen-bond acceptors (Lipinski definition) is 6. The van der Waals surface area contributed by atoms with Crippen molar-refractivity contribution >= 4 is 43.3 Å². The molecule has 0 fully saturated rings. The number of aromatic nitrogens is 3. The molecule has 0 unspecified atom stereocenters. The number of halogens is 1. The number of carboxylic acid groups (broad SMARTS) is 1. The molecule has 0 aliphatic carbocycles. The Morgan fingerprint density at radius 3 is 2.86 bits per heavy atom. The normalized spacial score (nSPS) is 11.7. The van der Waals surface area contributed by atoms with Crippen molar-refractivity contribution in [1.82, 2.24) is 19.5 Å². The van der Waals surface area contributed by atoms with Crippen molar-refractivity contribution in [2.75, 3.05) is 0 Å². The highest BCUT2D eigenvalue weighted by molar-refractivity contribution is 9.11. The van der Waals surface area contributed by atoms with Crippen LogP contribution in [0.2, 0.25) is 0 Å². The van der Waals surface area contributed by atoms with Gasteiger partial charge in [-0.05, 0) is 28.9 Å². The fourth-order valence-electron chi connectivity index (χ4n) is 1.56. The summed E-state index contributed by atoms with van der Waals surface area (Å²) in [6.07, 6.45) is 1.51. The molecule has 0 saturated carbocycles. The molecule has 2 heterocycles. The molecular formula is C10H11BrN4O4S2. The third-order valence-corrected chi connectivity index (χ3v) is 6.25. The van der Waals surface area contributed by atoms with Gasteiger partial charge >= 0.3 is 5.97 Å². The first-order chi connectivity index (χ1) is 9.85. The zero-order chi connectivity index (χ0) is 15.6. The average Bonchev–Trinajstić information content (AvgIpc) is 3.02. The molecule has 21 heavy (non-hydrogen) atoms. The summed E-state index contributed by atoms with van der Waals surface area (Å²) in [6.45, 7) is 2.48. The molecular weight excluding hydrogens is 384 g/mol. The maximum Gasteiger partial charge on any atom is 0.345 e. The number of aromatic carboxylic acids is 1. The number of sulfonamides is 1. The van der Waals surface area contributed by atoms with E-state index in [1.54, 1.807) is 4.57 Å². The minimum Gasteiger partial charge on any atom is -0.477 e. The van der Waals surface area contributed by atoms with Crippen molar-refractivity contribution in [3.63, 3.8) is 0 Å². The lowest BCUT2D eigenvalue weighted by Crippen LogP contribution is -2.25. The van der Waals surface area contributed by atoms with Gasteiger partial charge in [-0.25, -0.2) is 17.9 Å². The van der Waals surface area contributed by atoms with Crippen LogP contribution in [0.15, 0.2) is 21.1 Å². The zero-order valence-electron chi connectivity index (χ0n) is 10.8. The largest absolute Gasteiger partial charge is 0.477 e. The van der Waals surface area contributed by atoms with Crippen LogP contribution in [-0.4, -0.2) is 34.3 Å². The monoisotopic (exact) mass is 394 g/mol. The van der Waals surface area contributed by atoms with Crippen molar-refractivity contribution in [3.8, 4) is 0 Å². The van der Waals surface area contributed by atoms with E-state index in [2.05, 4.69) is 30.8 Å². The highest BCUT2D eigenvalue weighted by Crippen LogP contribution is 2.31. The molecule has 0 atom stereocenters. The first-order valence-corrected chi connectivity index (χ1v) is 8.83. The molecule has 0 saturated heterocycles. The number of hydrogen-bond donors (Lipinski definition) is 2. The molecule has 0 aromatic carbocycles. The summed E-state index contributed by atoms with van der Waals surface area (Å²) in [7, 11) is -3.84. The van der Waals surface area contributed by atoms with Crippen LogP contribution in [-0.2, 0) is 23.1 Å². The van der Waals surface area contributed by atoms with Crippen molar-refractivity contribution < 1.29 is 18.3 Å². The van der Waals surface area contributed by atoms with Crippen LogP contribution in [0.4, 0.5) is 0 Å². The van der Waals surface area contributed by atoms with Gasteiger partial charge < -0.3 is 9.67 Å². The molecule has 2 aromatic heterocycles. The molecule has 2 N–H and O–H groups in total. The van der Waals surface area contributed by atoms with Gasteiger partial charge in [0, 0.05) is 6.54 Å². The molecule has 11 heteroatoms. The SMILES string of the molecule is CCn1cnnc1CNS(=O)(=O)c1cc(C(=O)O)sc1Br. The summed E-state index contributed by atoms with van der Waals surface area (Å²) in [5.74, 6) is -0.696. The van der Waals surface area contributed by atoms with E-state index in [-0.39, 0.29) is 20.1 Å². The van der Waals surface area contributed by atoms with Crippen molar-refractivity contribution in [1.29, 1.82) is 0 Å². The van der Waals surface area contributed by atoms with Gasteiger partial charge in [0.15, 0.2) is 0 Å². The van der Waals surface area contributed by atoms with Crippen molar-refractivity contribution in [2.45, 2.75) is 24.9 Å². The maximum atomic E-state index is 12.2. The van der Waals surface area contributed by atoms with Crippen LogP contribution in [0.25, 0.3) is 0 Å². The van der Waals surface area contributed by atoms with Gasteiger partial charge in [0.2, 0.25) is 10.0 Å². The van der Waals surface area contributed by atoms with Gasteiger partial charge in [0.05, 0.1) is 10.3 Å². The highest BCUT2D eigenvalue weighted by atomic mass is 79.9. The van der Waals surface area contributed by atoms with Gasteiger partial charge in [-0.1, -0.05) is 0 Å². The Balaban J connectivity index is 2.21. The molecule has 0 aliphatic heterocycles. The number of nitrogens with zero attached hydrogens (tertiary/aromatic N) is 3. The summed E-state index contributed by atoms with van der Waals surface area (Å²) in [5, 5.41) is 16.4. The summed E-state index contributed by atoms with van der Waals surface area (Å²) >= 11 is 3.92. The number of carbonyl (C=O) groups is 1. The second kappa shape index (κ2) is 6.22. The fourth-order valence-corrected chi connectivity index (χ4v) is 4.94. The van der Waals surface area contributed by atoms with Gasteiger partial charge in [-0.2, -0.15) is 0 Å². The molecule has 2 aromatic rings. The smallest absolute Gasteiger partial charge is 0.345 e. The molecule has 0 bridgehead atoms. The summed E-state index contributed by atoms with van der Waals surface area (Å²) in [4.78, 5) is 10.7. The Hall–Kier alpha value is -1.30. The summed E-state index contributed by atoms with van der Waals surface area (Å²) in [6, 6.07) is 1.12. The topological polar surface area (TPSA) is 114 Å². The molecule has 0 spiro atoms. The standard InChI is InChI=1S/C10H11BrN4O4S2/c1-2-15-5-12-14-8(15)4-13-21(18,19)7-3-6(10(16)17)20-9(7)11/h3,5,13H,2,4H2,1H3,(H,16,17). The van der Waals surface area contributed by atoms with Crippen molar-refractivity contribution in [3.05, 3.63) is 26.9 Å². The average molecular weight is 395 g/mol.